The third kappa shape index (κ3) is 3.01. The van der Waals surface area contributed by atoms with Crippen LogP contribution < -0.4 is 10.1 Å². The van der Waals surface area contributed by atoms with E-state index in [-0.39, 0.29) is 11.9 Å². The maximum Gasteiger partial charge on any atom is 0.308 e. The van der Waals surface area contributed by atoms with Gasteiger partial charge in [-0.25, -0.2) is 4.98 Å². The fourth-order valence-corrected chi connectivity index (χ4v) is 2.32. The standard InChI is InChI=1S/C13H16N2O4/c1-19-11-6-5-8(7-14-11)12(16)15-10-4-2-3-9(10)13(17)18/h5-7,9-10H,2-4H2,1H3,(H,15,16)(H,17,18)/t9-,10+/m0/s1. The van der Waals surface area contributed by atoms with Crippen molar-refractivity contribution >= 4 is 11.9 Å². The lowest BCUT2D eigenvalue weighted by Crippen LogP contribution is -2.40. The highest BCUT2D eigenvalue weighted by molar-refractivity contribution is 5.94. The molecule has 6 nitrogen and oxygen atoms in total. The van der Waals surface area contributed by atoms with Gasteiger partial charge in [-0.2, -0.15) is 0 Å². The van der Waals surface area contributed by atoms with Gasteiger partial charge in [0.15, 0.2) is 0 Å². The van der Waals surface area contributed by atoms with Crippen molar-refractivity contribution in [2.75, 3.05) is 7.11 Å². The Kier molecular flexibility index (Phi) is 3.99. The van der Waals surface area contributed by atoms with E-state index in [9.17, 15) is 9.59 Å². The number of carbonyl (C=O) groups is 2. The van der Waals surface area contributed by atoms with E-state index >= 15 is 0 Å². The number of carboxylic acid groups (broad SMARTS) is 1. The number of nitrogens with zero attached hydrogens (tertiary/aromatic N) is 1. The number of aliphatic carboxylic acids is 1. The van der Waals surface area contributed by atoms with Gasteiger partial charge in [0, 0.05) is 18.3 Å². The summed E-state index contributed by atoms with van der Waals surface area (Å²) in [6.45, 7) is 0. The molecule has 1 heterocycles. The van der Waals surface area contributed by atoms with Gasteiger partial charge < -0.3 is 15.2 Å². The van der Waals surface area contributed by atoms with Crippen LogP contribution in [0, 0.1) is 5.92 Å². The van der Waals surface area contributed by atoms with Gasteiger partial charge in [-0.05, 0) is 18.9 Å². The molecule has 0 radical (unpaired) electrons. The van der Waals surface area contributed by atoms with Crippen LogP contribution in [-0.2, 0) is 4.79 Å². The van der Waals surface area contributed by atoms with Gasteiger partial charge in [0.1, 0.15) is 0 Å². The molecule has 0 aliphatic heterocycles. The molecule has 1 fully saturated rings. The van der Waals surface area contributed by atoms with Crippen LogP contribution in [-0.4, -0.2) is 35.1 Å². The van der Waals surface area contributed by atoms with E-state index < -0.39 is 11.9 Å². The van der Waals surface area contributed by atoms with Crippen LogP contribution in [0.2, 0.25) is 0 Å². The first kappa shape index (κ1) is 13.3. The topological polar surface area (TPSA) is 88.5 Å². The molecule has 0 bridgehead atoms. The lowest BCUT2D eigenvalue weighted by Gasteiger charge is -2.17. The van der Waals surface area contributed by atoms with E-state index in [0.29, 0.717) is 24.3 Å². The predicted octanol–water partition coefficient (Wildman–Crippen LogP) is 1.07. The number of carbonyl (C=O) groups excluding carboxylic acids is 1. The number of aromatic nitrogens is 1. The summed E-state index contributed by atoms with van der Waals surface area (Å²) in [6, 6.07) is 2.90. The van der Waals surface area contributed by atoms with Crippen molar-refractivity contribution in [3.63, 3.8) is 0 Å². The number of methoxy groups -OCH3 is 1. The SMILES string of the molecule is COc1ccc(C(=O)N[C@@H]2CCC[C@@H]2C(=O)O)cn1. The van der Waals surface area contributed by atoms with Gasteiger partial charge in [0.2, 0.25) is 5.88 Å². The molecule has 19 heavy (non-hydrogen) atoms. The van der Waals surface area contributed by atoms with Crippen LogP contribution in [0.15, 0.2) is 18.3 Å². The number of hydrogen-bond acceptors (Lipinski definition) is 4. The normalized spacial score (nSPS) is 21.9. The molecule has 2 rings (SSSR count). The van der Waals surface area contributed by atoms with Gasteiger partial charge in [0.25, 0.3) is 5.91 Å². The van der Waals surface area contributed by atoms with Crippen LogP contribution in [0.25, 0.3) is 0 Å². The van der Waals surface area contributed by atoms with Crippen LogP contribution in [0.1, 0.15) is 29.6 Å². The summed E-state index contributed by atoms with van der Waals surface area (Å²) in [6.07, 6.45) is 3.55. The quantitative estimate of drug-likeness (QED) is 0.849. The van der Waals surface area contributed by atoms with E-state index in [1.165, 1.54) is 13.3 Å². The summed E-state index contributed by atoms with van der Waals surface area (Å²) < 4.78 is 4.91. The molecule has 102 valence electrons. The maximum atomic E-state index is 12.0. The second-order valence-corrected chi connectivity index (χ2v) is 4.54. The third-order valence-electron chi connectivity index (χ3n) is 3.36. The molecule has 0 aromatic carbocycles. The first-order valence-electron chi connectivity index (χ1n) is 6.15. The van der Waals surface area contributed by atoms with Crippen molar-refractivity contribution < 1.29 is 19.4 Å². The Morgan fingerprint density at radius 2 is 2.21 bits per heavy atom. The molecule has 1 aliphatic carbocycles. The molecule has 0 saturated heterocycles. The van der Waals surface area contributed by atoms with Crippen molar-refractivity contribution in [3.05, 3.63) is 23.9 Å². The zero-order chi connectivity index (χ0) is 13.8. The maximum absolute atomic E-state index is 12.0. The number of nitrogens with one attached hydrogen (secondary N) is 1. The molecule has 0 unspecified atom stereocenters. The number of amides is 1. The number of rotatable bonds is 4. The zero-order valence-corrected chi connectivity index (χ0v) is 10.6. The average molecular weight is 264 g/mol. The molecule has 1 saturated carbocycles. The Bertz CT molecular complexity index is 472. The molecule has 2 N–H and O–H groups in total. The second kappa shape index (κ2) is 5.69. The molecule has 0 spiro atoms. The number of ether oxygens (including phenoxy) is 1. The van der Waals surface area contributed by atoms with Crippen LogP contribution in [0.3, 0.4) is 0 Å². The largest absolute Gasteiger partial charge is 0.481 e. The molecule has 1 aromatic rings. The van der Waals surface area contributed by atoms with Gasteiger partial charge in [-0.1, -0.05) is 6.42 Å². The smallest absolute Gasteiger partial charge is 0.308 e. The average Bonchev–Trinajstić information content (AvgIpc) is 2.87. The Balaban J connectivity index is 2.01. The summed E-state index contributed by atoms with van der Waals surface area (Å²) in [7, 11) is 1.50. The molecule has 1 amide bonds. The highest BCUT2D eigenvalue weighted by Gasteiger charge is 2.33. The first-order valence-corrected chi connectivity index (χ1v) is 6.15. The van der Waals surface area contributed by atoms with E-state index in [0.717, 1.165) is 6.42 Å². The number of pyridine rings is 1. The van der Waals surface area contributed by atoms with E-state index in [1.807, 2.05) is 0 Å². The molecule has 6 heteroatoms. The summed E-state index contributed by atoms with van der Waals surface area (Å²) in [5, 5.41) is 11.8. The van der Waals surface area contributed by atoms with E-state index in [4.69, 9.17) is 9.84 Å². The van der Waals surface area contributed by atoms with Crippen molar-refractivity contribution in [2.24, 2.45) is 5.92 Å². The molecular weight excluding hydrogens is 248 g/mol. The van der Waals surface area contributed by atoms with Gasteiger partial charge in [-0.15, -0.1) is 0 Å². The Labute approximate surface area is 110 Å². The summed E-state index contributed by atoms with van der Waals surface area (Å²) in [4.78, 5) is 27.0. The van der Waals surface area contributed by atoms with Crippen molar-refractivity contribution in [1.82, 2.24) is 10.3 Å². The monoisotopic (exact) mass is 264 g/mol. The van der Waals surface area contributed by atoms with Crippen molar-refractivity contribution in [3.8, 4) is 5.88 Å². The van der Waals surface area contributed by atoms with Crippen LogP contribution in [0.4, 0.5) is 0 Å². The summed E-state index contributed by atoms with van der Waals surface area (Å²) >= 11 is 0. The second-order valence-electron chi connectivity index (χ2n) is 4.54. The number of hydrogen-bond donors (Lipinski definition) is 2. The zero-order valence-electron chi connectivity index (χ0n) is 10.6. The van der Waals surface area contributed by atoms with Gasteiger partial charge in [-0.3, -0.25) is 9.59 Å². The van der Waals surface area contributed by atoms with E-state index in [1.54, 1.807) is 12.1 Å². The fourth-order valence-electron chi connectivity index (χ4n) is 2.32. The Morgan fingerprint density at radius 1 is 1.42 bits per heavy atom. The van der Waals surface area contributed by atoms with Crippen molar-refractivity contribution in [1.29, 1.82) is 0 Å². The van der Waals surface area contributed by atoms with Crippen LogP contribution >= 0.6 is 0 Å². The lowest BCUT2D eigenvalue weighted by molar-refractivity contribution is -0.142. The molecule has 1 aliphatic rings. The molecule has 1 aromatic heterocycles. The van der Waals surface area contributed by atoms with Crippen molar-refractivity contribution in [2.45, 2.75) is 25.3 Å². The summed E-state index contributed by atoms with van der Waals surface area (Å²) in [5.74, 6) is -1.21. The van der Waals surface area contributed by atoms with Gasteiger partial charge >= 0.3 is 5.97 Å². The number of carboxylic acids is 1. The Morgan fingerprint density at radius 3 is 2.79 bits per heavy atom. The lowest BCUT2D eigenvalue weighted by atomic mass is 10.0. The van der Waals surface area contributed by atoms with Gasteiger partial charge in [0.05, 0.1) is 18.6 Å². The minimum absolute atomic E-state index is 0.298. The Hall–Kier alpha value is -2.11. The molecule has 2 atom stereocenters. The first-order chi connectivity index (χ1) is 9.11. The fraction of sp³-hybridized carbons (Fsp3) is 0.462. The van der Waals surface area contributed by atoms with Crippen LogP contribution in [0.5, 0.6) is 5.88 Å². The predicted molar refractivity (Wildman–Crippen MR) is 67.0 cm³/mol. The highest BCUT2D eigenvalue weighted by atomic mass is 16.5. The third-order valence-corrected chi connectivity index (χ3v) is 3.36. The molecular formula is C13H16N2O4. The van der Waals surface area contributed by atoms with E-state index in [2.05, 4.69) is 10.3 Å². The summed E-state index contributed by atoms with van der Waals surface area (Å²) in [5.41, 5.74) is 0.400. The minimum Gasteiger partial charge on any atom is -0.481 e. The minimum atomic E-state index is -0.851. The highest BCUT2D eigenvalue weighted by Crippen LogP contribution is 2.26.